The van der Waals surface area contributed by atoms with E-state index in [2.05, 4.69) is 40.3 Å². The van der Waals surface area contributed by atoms with Crippen molar-refractivity contribution in [3.05, 3.63) is 35.9 Å². The number of rotatable bonds is 6. The number of nitrogens with zero attached hydrogens (tertiary/aromatic N) is 2. The summed E-state index contributed by atoms with van der Waals surface area (Å²) in [4.78, 5) is 29.5. The summed E-state index contributed by atoms with van der Waals surface area (Å²) in [5.74, 6) is 0.179. The molecule has 2 N–H and O–H groups in total. The second-order valence-corrected chi connectivity index (χ2v) is 10.6. The largest absolute Gasteiger partial charge is 0.497 e. The van der Waals surface area contributed by atoms with Gasteiger partial charge in [-0.25, -0.2) is 0 Å². The molecule has 1 aliphatic carbocycles. The van der Waals surface area contributed by atoms with E-state index in [-0.39, 0.29) is 18.5 Å². The molecule has 1 aromatic rings. The average Bonchev–Trinajstić information content (AvgIpc) is 3.36. The number of aliphatic hydroxyl groups is 1. The second-order valence-electron chi connectivity index (χ2n) is 10.6. The van der Waals surface area contributed by atoms with Crippen LogP contribution in [0.1, 0.15) is 45.6 Å². The predicted molar refractivity (Wildman–Crippen MR) is 133 cm³/mol. The Morgan fingerprint density at radius 1 is 1.26 bits per heavy atom. The fourth-order valence-corrected chi connectivity index (χ4v) is 8.01. The molecule has 3 aliphatic heterocycles. The maximum atomic E-state index is 12.8. The maximum Gasteiger partial charge on any atom is 0.303 e. The van der Waals surface area contributed by atoms with Gasteiger partial charge in [-0.1, -0.05) is 32.1 Å². The van der Waals surface area contributed by atoms with E-state index in [1.807, 2.05) is 19.2 Å². The third kappa shape index (κ3) is 3.05. The van der Waals surface area contributed by atoms with Crippen molar-refractivity contribution in [1.82, 2.24) is 10.2 Å². The van der Waals surface area contributed by atoms with Crippen LogP contribution >= 0.6 is 0 Å². The molecule has 0 aromatic heterocycles. The molecule has 6 atom stereocenters. The minimum absolute atomic E-state index is 0.00180. The molecule has 1 saturated heterocycles. The Labute approximate surface area is 207 Å². The molecule has 8 nitrogen and oxygen atoms in total. The number of methoxy groups -OCH3 is 1. The molecule has 3 heterocycles. The van der Waals surface area contributed by atoms with E-state index in [0.717, 1.165) is 30.9 Å². The summed E-state index contributed by atoms with van der Waals surface area (Å²) in [5.41, 5.74) is -0.334. The van der Waals surface area contributed by atoms with E-state index in [0.29, 0.717) is 12.8 Å². The molecule has 35 heavy (non-hydrogen) atoms. The molecule has 1 amide bonds. The number of nitrogens with one attached hydrogen (secondary N) is 1. The minimum Gasteiger partial charge on any atom is -0.497 e. The number of benzene rings is 1. The van der Waals surface area contributed by atoms with Crippen LogP contribution in [0.4, 0.5) is 5.69 Å². The summed E-state index contributed by atoms with van der Waals surface area (Å²) in [7, 11) is 3.65. The third-order valence-corrected chi connectivity index (χ3v) is 9.11. The Kier molecular flexibility index (Phi) is 5.68. The van der Waals surface area contributed by atoms with Crippen molar-refractivity contribution < 1.29 is 24.2 Å². The lowest BCUT2D eigenvalue weighted by molar-refractivity contribution is -0.217. The zero-order valence-corrected chi connectivity index (χ0v) is 21.3. The van der Waals surface area contributed by atoms with Crippen molar-refractivity contribution in [3.8, 4) is 5.75 Å². The molecule has 1 aromatic carbocycles. The van der Waals surface area contributed by atoms with Gasteiger partial charge in [-0.3, -0.25) is 14.5 Å². The number of fused-ring (bicyclic) bond motifs is 1. The van der Waals surface area contributed by atoms with Gasteiger partial charge in [0.1, 0.15) is 17.5 Å². The van der Waals surface area contributed by atoms with Gasteiger partial charge in [0, 0.05) is 55.6 Å². The van der Waals surface area contributed by atoms with Crippen LogP contribution in [0.25, 0.3) is 0 Å². The van der Waals surface area contributed by atoms with Gasteiger partial charge in [-0.05, 0) is 31.0 Å². The number of likely N-dealkylation sites (N-methyl/N-ethyl adjacent to an activating group) is 1. The summed E-state index contributed by atoms with van der Waals surface area (Å²) in [6, 6.07) is 5.81. The van der Waals surface area contributed by atoms with Gasteiger partial charge in [0.15, 0.2) is 0 Å². The smallest absolute Gasteiger partial charge is 0.303 e. The molecule has 4 aliphatic rings. The standard InChI is InChI=1S/C27H37N3O5/c1-6-21(32)28-16-27(33)23-26(19-10-9-18(34-5)15-20(19)29(23)4)12-14-30-13-8-11-25(7-2,22(26)30)24(27)35-17(3)31/h8-11,15,22-24,33H,6-7,12-14,16H2,1-5H3,(H,28,32)/t22?,23-,24-,25-,26-,27?/m1/s1. The van der Waals surface area contributed by atoms with E-state index < -0.39 is 34.5 Å². The van der Waals surface area contributed by atoms with Crippen LogP contribution in [-0.2, 0) is 19.7 Å². The van der Waals surface area contributed by atoms with Gasteiger partial charge >= 0.3 is 5.97 Å². The van der Waals surface area contributed by atoms with Gasteiger partial charge in [-0.15, -0.1) is 0 Å². The lowest BCUT2D eigenvalue weighted by Crippen LogP contribution is -2.81. The number of carbonyl (C=O) groups excluding carboxylic acids is 2. The molecule has 8 heteroatoms. The van der Waals surface area contributed by atoms with Crippen LogP contribution in [0.3, 0.4) is 0 Å². The quantitative estimate of drug-likeness (QED) is 0.472. The van der Waals surface area contributed by atoms with Crippen molar-refractivity contribution in [2.75, 3.05) is 38.7 Å². The van der Waals surface area contributed by atoms with Crippen molar-refractivity contribution in [1.29, 1.82) is 0 Å². The summed E-state index contributed by atoms with van der Waals surface area (Å²) >= 11 is 0. The van der Waals surface area contributed by atoms with Crippen LogP contribution in [-0.4, -0.2) is 79.5 Å². The average molecular weight is 484 g/mol. The molecule has 1 spiro atoms. The SMILES string of the molecule is CCC(=O)NCC1(O)[C@H](OC(C)=O)[C@]2(CC)C=CCN3CC[C@@]4(c5ccc(OC)cc5N(C)[C@@H]14)C32. The second kappa shape index (κ2) is 8.23. The van der Waals surface area contributed by atoms with Crippen LogP contribution < -0.4 is 15.0 Å². The number of hydrogen-bond acceptors (Lipinski definition) is 7. The van der Waals surface area contributed by atoms with Crippen molar-refractivity contribution in [2.45, 2.75) is 69.2 Å². The Morgan fingerprint density at radius 2 is 2.03 bits per heavy atom. The van der Waals surface area contributed by atoms with Gasteiger partial charge in [0.05, 0.1) is 19.7 Å². The lowest BCUT2D eigenvalue weighted by Gasteiger charge is -2.64. The van der Waals surface area contributed by atoms with Crippen molar-refractivity contribution in [3.63, 3.8) is 0 Å². The summed E-state index contributed by atoms with van der Waals surface area (Å²) in [5, 5.41) is 15.7. The summed E-state index contributed by atoms with van der Waals surface area (Å²) in [6.07, 6.45) is 5.37. The topological polar surface area (TPSA) is 91.3 Å². The van der Waals surface area contributed by atoms with E-state index in [1.165, 1.54) is 12.5 Å². The molecular formula is C27H37N3O5. The zero-order chi connectivity index (χ0) is 25.2. The normalized spacial score (nSPS) is 36.9. The predicted octanol–water partition coefficient (Wildman–Crippen LogP) is 1.99. The Morgan fingerprint density at radius 3 is 2.69 bits per heavy atom. The number of ether oxygens (including phenoxy) is 2. The van der Waals surface area contributed by atoms with Gasteiger partial charge in [0.2, 0.25) is 5.91 Å². The Bertz CT molecular complexity index is 1070. The number of amides is 1. The van der Waals surface area contributed by atoms with E-state index in [1.54, 1.807) is 14.0 Å². The molecule has 0 bridgehead atoms. The van der Waals surface area contributed by atoms with Crippen LogP contribution in [0.2, 0.25) is 0 Å². The van der Waals surface area contributed by atoms with E-state index >= 15 is 0 Å². The first-order valence-electron chi connectivity index (χ1n) is 12.7. The van der Waals surface area contributed by atoms with Gasteiger partial charge in [0.25, 0.3) is 0 Å². The lowest BCUT2D eigenvalue weighted by atomic mass is 9.47. The Balaban J connectivity index is 1.79. The maximum absolute atomic E-state index is 12.8. The first-order chi connectivity index (χ1) is 16.7. The number of carbonyl (C=O) groups is 2. The highest BCUT2D eigenvalue weighted by Crippen LogP contribution is 2.67. The molecule has 190 valence electrons. The van der Waals surface area contributed by atoms with Crippen LogP contribution in [0, 0.1) is 5.41 Å². The highest BCUT2D eigenvalue weighted by Gasteiger charge is 2.77. The van der Waals surface area contributed by atoms with Gasteiger partial charge in [-0.2, -0.15) is 0 Å². The molecule has 2 unspecified atom stereocenters. The molecular weight excluding hydrogens is 446 g/mol. The first kappa shape index (κ1) is 24.1. The molecule has 2 fully saturated rings. The summed E-state index contributed by atoms with van der Waals surface area (Å²) in [6.45, 7) is 7.01. The zero-order valence-electron chi connectivity index (χ0n) is 21.3. The Hall–Kier alpha value is -2.58. The molecule has 5 rings (SSSR count). The molecule has 0 radical (unpaired) electrons. The van der Waals surface area contributed by atoms with Crippen molar-refractivity contribution in [2.24, 2.45) is 5.41 Å². The van der Waals surface area contributed by atoms with E-state index in [9.17, 15) is 14.7 Å². The van der Waals surface area contributed by atoms with Crippen LogP contribution in [0.5, 0.6) is 5.75 Å². The van der Waals surface area contributed by atoms with Crippen LogP contribution in [0.15, 0.2) is 30.4 Å². The van der Waals surface area contributed by atoms with E-state index in [4.69, 9.17) is 9.47 Å². The number of esters is 1. The monoisotopic (exact) mass is 483 g/mol. The highest BCUT2D eigenvalue weighted by molar-refractivity contribution is 5.76. The fraction of sp³-hybridized carbons (Fsp3) is 0.630. The number of anilines is 1. The number of hydrogen-bond donors (Lipinski definition) is 2. The summed E-state index contributed by atoms with van der Waals surface area (Å²) < 4.78 is 11.6. The molecule has 1 saturated carbocycles. The van der Waals surface area contributed by atoms with Gasteiger partial charge < -0.3 is 24.8 Å². The fourth-order valence-electron chi connectivity index (χ4n) is 8.01. The third-order valence-electron chi connectivity index (χ3n) is 9.11. The highest BCUT2D eigenvalue weighted by atomic mass is 16.6. The first-order valence-corrected chi connectivity index (χ1v) is 12.7. The minimum atomic E-state index is -1.53. The van der Waals surface area contributed by atoms with Crippen molar-refractivity contribution >= 4 is 17.6 Å².